The summed E-state index contributed by atoms with van der Waals surface area (Å²) >= 11 is 7.50. The number of thioether (sulfide) groups is 1. The van der Waals surface area contributed by atoms with Crippen LogP contribution in [-0.4, -0.2) is 6.26 Å². The molecule has 0 amide bonds. The minimum atomic E-state index is 0.427. The molecule has 0 heterocycles. The van der Waals surface area contributed by atoms with E-state index in [0.29, 0.717) is 22.1 Å². The summed E-state index contributed by atoms with van der Waals surface area (Å²) < 4.78 is 5.66. The first-order valence-electron chi connectivity index (χ1n) is 5.24. The third-order valence-corrected chi connectivity index (χ3v) is 3.33. The van der Waals surface area contributed by atoms with Gasteiger partial charge in [-0.15, -0.1) is 11.8 Å². The third kappa shape index (κ3) is 2.98. The van der Waals surface area contributed by atoms with Crippen LogP contribution in [0.4, 0.5) is 0 Å². The van der Waals surface area contributed by atoms with Crippen LogP contribution in [0.2, 0.25) is 5.02 Å². The predicted octanol–water partition coefficient (Wildman–Crippen LogP) is 4.73. The maximum absolute atomic E-state index is 9.01. The summed E-state index contributed by atoms with van der Waals surface area (Å²) in [6.07, 6.45) is 2.02. The summed E-state index contributed by atoms with van der Waals surface area (Å²) in [5.41, 5.74) is 0.427. The Hall–Kier alpha value is -1.63. The first-order valence-corrected chi connectivity index (χ1v) is 6.85. The van der Waals surface area contributed by atoms with Gasteiger partial charge in [-0.2, -0.15) is 5.26 Å². The highest BCUT2D eigenvalue weighted by molar-refractivity contribution is 7.98. The molecule has 0 atom stereocenters. The molecule has 0 aliphatic heterocycles. The van der Waals surface area contributed by atoms with Crippen LogP contribution >= 0.6 is 23.4 Å². The minimum Gasteiger partial charge on any atom is -0.456 e. The van der Waals surface area contributed by atoms with Crippen LogP contribution < -0.4 is 4.74 Å². The van der Waals surface area contributed by atoms with Crippen LogP contribution in [0.15, 0.2) is 47.4 Å². The first kappa shape index (κ1) is 12.8. The first-order chi connectivity index (χ1) is 8.72. The Labute approximate surface area is 115 Å². The van der Waals surface area contributed by atoms with Crippen molar-refractivity contribution in [3.63, 3.8) is 0 Å². The summed E-state index contributed by atoms with van der Waals surface area (Å²) in [7, 11) is 0. The predicted molar refractivity (Wildman–Crippen MR) is 74.5 cm³/mol. The average Bonchev–Trinajstić information content (AvgIpc) is 2.41. The largest absolute Gasteiger partial charge is 0.456 e. The average molecular weight is 276 g/mol. The number of benzene rings is 2. The maximum Gasteiger partial charge on any atom is 0.145 e. The monoisotopic (exact) mass is 275 g/mol. The van der Waals surface area contributed by atoms with Crippen LogP contribution in [0.1, 0.15) is 5.56 Å². The molecule has 18 heavy (non-hydrogen) atoms. The number of rotatable bonds is 3. The van der Waals surface area contributed by atoms with Crippen molar-refractivity contribution in [2.24, 2.45) is 0 Å². The number of nitriles is 1. The number of nitrogens with zero attached hydrogens (tertiary/aromatic N) is 1. The lowest BCUT2D eigenvalue weighted by Gasteiger charge is -2.08. The van der Waals surface area contributed by atoms with Gasteiger partial charge in [0.2, 0.25) is 0 Å². The molecular weight excluding hydrogens is 266 g/mol. The molecular formula is C14H10ClNOS. The molecule has 0 bridgehead atoms. The van der Waals surface area contributed by atoms with Gasteiger partial charge in [0.05, 0.1) is 5.56 Å². The summed E-state index contributed by atoms with van der Waals surface area (Å²) in [5.74, 6) is 1.21. The number of hydrogen-bond donors (Lipinski definition) is 0. The molecule has 0 aromatic heterocycles. The smallest absolute Gasteiger partial charge is 0.145 e. The van der Waals surface area contributed by atoms with Crippen LogP contribution in [-0.2, 0) is 0 Å². The highest BCUT2D eigenvalue weighted by atomic mass is 35.5. The Bertz CT molecular complexity index is 590. The molecule has 0 aliphatic carbocycles. The number of ether oxygens (including phenoxy) is 1. The zero-order valence-corrected chi connectivity index (χ0v) is 11.3. The fourth-order valence-electron chi connectivity index (χ4n) is 1.45. The molecule has 0 spiro atoms. The van der Waals surface area contributed by atoms with Gasteiger partial charge in [-0.1, -0.05) is 11.6 Å². The Kier molecular flexibility index (Phi) is 4.14. The fourth-order valence-corrected chi connectivity index (χ4v) is 2.03. The molecule has 0 aliphatic rings. The van der Waals surface area contributed by atoms with E-state index in [-0.39, 0.29) is 0 Å². The van der Waals surface area contributed by atoms with Gasteiger partial charge in [-0.3, -0.25) is 0 Å². The summed E-state index contributed by atoms with van der Waals surface area (Å²) in [4.78, 5) is 1.17. The molecule has 2 aromatic carbocycles. The summed E-state index contributed by atoms with van der Waals surface area (Å²) in [6.45, 7) is 0. The molecule has 2 aromatic rings. The van der Waals surface area contributed by atoms with Crippen molar-refractivity contribution in [3.05, 3.63) is 53.1 Å². The Morgan fingerprint density at radius 3 is 2.50 bits per heavy atom. The van der Waals surface area contributed by atoms with Gasteiger partial charge in [0.15, 0.2) is 0 Å². The zero-order chi connectivity index (χ0) is 13.0. The van der Waals surface area contributed by atoms with Crippen molar-refractivity contribution in [1.29, 1.82) is 5.26 Å². The fraction of sp³-hybridized carbons (Fsp3) is 0.0714. The molecule has 2 rings (SSSR count). The van der Waals surface area contributed by atoms with E-state index >= 15 is 0 Å². The second kappa shape index (κ2) is 5.81. The molecule has 4 heteroatoms. The SMILES string of the molecule is CSc1ccc(Oc2ccc(Cl)cc2C#N)cc1. The molecule has 0 N–H and O–H groups in total. The van der Waals surface area contributed by atoms with Gasteiger partial charge in [0.25, 0.3) is 0 Å². The highest BCUT2D eigenvalue weighted by Crippen LogP contribution is 2.28. The van der Waals surface area contributed by atoms with Crippen molar-refractivity contribution in [1.82, 2.24) is 0 Å². The Morgan fingerprint density at radius 1 is 1.17 bits per heavy atom. The third-order valence-electron chi connectivity index (χ3n) is 2.35. The molecule has 0 unspecified atom stereocenters. The van der Waals surface area contributed by atoms with E-state index in [9.17, 15) is 0 Å². The zero-order valence-electron chi connectivity index (χ0n) is 9.68. The lowest BCUT2D eigenvalue weighted by atomic mass is 10.2. The van der Waals surface area contributed by atoms with Gasteiger partial charge in [0.1, 0.15) is 17.6 Å². The molecule has 90 valence electrons. The van der Waals surface area contributed by atoms with Crippen LogP contribution in [0.3, 0.4) is 0 Å². The van der Waals surface area contributed by atoms with Gasteiger partial charge in [-0.25, -0.2) is 0 Å². The van der Waals surface area contributed by atoms with E-state index in [1.807, 2.05) is 30.5 Å². The number of hydrogen-bond acceptors (Lipinski definition) is 3. The van der Waals surface area contributed by atoms with Crippen LogP contribution in [0, 0.1) is 11.3 Å². The van der Waals surface area contributed by atoms with Gasteiger partial charge >= 0.3 is 0 Å². The van der Waals surface area contributed by atoms with Gasteiger partial charge < -0.3 is 4.74 Å². The molecule has 0 saturated heterocycles. The summed E-state index contributed by atoms with van der Waals surface area (Å²) in [6, 6.07) is 14.8. The van der Waals surface area contributed by atoms with Crippen molar-refractivity contribution >= 4 is 23.4 Å². The quantitative estimate of drug-likeness (QED) is 0.760. The molecule has 2 nitrogen and oxygen atoms in total. The van der Waals surface area contributed by atoms with Crippen LogP contribution in [0.5, 0.6) is 11.5 Å². The Morgan fingerprint density at radius 2 is 1.89 bits per heavy atom. The lowest BCUT2D eigenvalue weighted by Crippen LogP contribution is -1.88. The molecule has 0 saturated carbocycles. The van der Waals surface area contributed by atoms with E-state index < -0.39 is 0 Å². The van der Waals surface area contributed by atoms with Crippen molar-refractivity contribution in [2.75, 3.05) is 6.26 Å². The summed E-state index contributed by atoms with van der Waals surface area (Å²) in [5, 5.41) is 9.54. The minimum absolute atomic E-state index is 0.427. The van der Waals surface area contributed by atoms with E-state index in [1.165, 1.54) is 4.90 Å². The van der Waals surface area contributed by atoms with Gasteiger partial charge in [0, 0.05) is 9.92 Å². The van der Waals surface area contributed by atoms with Crippen molar-refractivity contribution in [2.45, 2.75) is 4.90 Å². The maximum atomic E-state index is 9.01. The lowest BCUT2D eigenvalue weighted by molar-refractivity contribution is 0.480. The Balaban J connectivity index is 2.25. The molecule has 0 fully saturated rings. The van der Waals surface area contributed by atoms with E-state index in [1.54, 1.807) is 30.0 Å². The normalized spacial score (nSPS) is 9.83. The van der Waals surface area contributed by atoms with E-state index in [0.717, 1.165) is 0 Å². The van der Waals surface area contributed by atoms with E-state index in [2.05, 4.69) is 6.07 Å². The standard InChI is InChI=1S/C14H10ClNOS/c1-18-13-5-3-12(4-6-13)17-14-7-2-11(15)8-10(14)9-16/h2-8H,1H3. The second-order valence-corrected chi connectivity index (χ2v) is 4.85. The topological polar surface area (TPSA) is 33.0 Å². The van der Waals surface area contributed by atoms with E-state index in [4.69, 9.17) is 21.6 Å². The van der Waals surface area contributed by atoms with Crippen LogP contribution in [0.25, 0.3) is 0 Å². The second-order valence-electron chi connectivity index (χ2n) is 3.53. The van der Waals surface area contributed by atoms with Gasteiger partial charge in [-0.05, 0) is 48.7 Å². The molecule has 0 radical (unpaired) electrons. The highest BCUT2D eigenvalue weighted by Gasteiger charge is 2.05. The van der Waals surface area contributed by atoms with Crippen molar-refractivity contribution in [3.8, 4) is 17.6 Å². The van der Waals surface area contributed by atoms with Crippen molar-refractivity contribution < 1.29 is 4.74 Å². The number of halogens is 1.